The van der Waals surface area contributed by atoms with E-state index in [-0.39, 0.29) is 72.6 Å². The Hall–Kier alpha value is -6.01. The first-order chi connectivity index (χ1) is 28.1. The number of aliphatic hydroxyl groups is 2. The van der Waals surface area contributed by atoms with E-state index in [2.05, 4.69) is 56.2 Å². The average Bonchev–Trinajstić information content (AvgIpc) is 3.20. The highest BCUT2D eigenvalue weighted by molar-refractivity contribution is 7.94. The van der Waals surface area contributed by atoms with E-state index in [0.29, 0.717) is 39.6 Å². The Bertz CT molecular complexity index is 2450. The summed E-state index contributed by atoms with van der Waals surface area (Å²) in [5.41, 5.74) is 2.68. The van der Waals surface area contributed by atoms with Crippen molar-refractivity contribution in [2.75, 3.05) is 52.5 Å². The van der Waals surface area contributed by atoms with Gasteiger partial charge in [-0.15, -0.1) is 4.33 Å². The lowest BCUT2D eigenvalue weighted by atomic mass is 10.1. The number of aromatic nitrogens is 6. The van der Waals surface area contributed by atoms with Crippen molar-refractivity contribution in [2.45, 2.75) is 9.79 Å². The molecule has 0 saturated heterocycles. The molecule has 19 nitrogen and oxygen atoms in total. The van der Waals surface area contributed by atoms with E-state index < -0.39 is 15.0 Å². The second-order valence-corrected chi connectivity index (χ2v) is 14.2. The van der Waals surface area contributed by atoms with E-state index in [1.807, 2.05) is 48.5 Å². The first kappa shape index (κ1) is 41.6. The van der Waals surface area contributed by atoms with Crippen LogP contribution in [0.4, 0.5) is 52.5 Å². The summed E-state index contributed by atoms with van der Waals surface area (Å²) in [4.78, 5) is 27.4. The number of para-hydroxylation sites is 2. The predicted molar refractivity (Wildman–Crippen MR) is 219 cm³/mol. The lowest BCUT2D eigenvalue weighted by molar-refractivity contribution is -0.432. The Balaban J connectivity index is 1.26. The van der Waals surface area contributed by atoms with Crippen LogP contribution >= 0.6 is 23.6 Å². The molecular weight excluding hydrogens is 814 g/mol. The number of hydrogen-bond donors (Lipinski definition) is 8. The highest BCUT2D eigenvalue weighted by Gasteiger charge is 2.18. The van der Waals surface area contributed by atoms with Crippen LogP contribution in [0.25, 0.3) is 12.2 Å². The molecule has 4 aromatic carbocycles. The van der Waals surface area contributed by atoms with E-state index in [9.17, 15) is 23.2 Å². The van der Waals surface area contributed by atoms with Gasteiger partial charge in [0, 0.05) is 40.7 Å². The Kier molecular flexibility index (Phi) is 14.3. The van der Waals surface area contributed by atoms with Crippen molar-refractivity contribution in [2.24, 2.45) is 0 Å². The van der Waals surface area contributed by atoms with Crippen LogP contribution in [-0.4, -0.2) is 84.6 Å². The maximum absolute atomic E-state index is 12.6. The zero-order chi connectivity index (χ0) is 40.9. The average molecular weight is 848 g/mol. The molecule has 6 rings (SSSR count). The summed E-state index contributed by atoms with van der Waals surface area (Å²) < 4.78 is 40.1. The highest BCUT2D eigenvalue weighted by Crippen LogP contribution is 2.32. The molecule has 0 fully saturated rings. The SMILES string of the molecule is O=S(=O)(O)c1cc(Nc2nc(Cl)nc(Nc3ccccc3)n2)ccc1/C=C/c1ccc(Nc2nc(Nc3ccccc3)nc(N(CCO)CCO)n2)cc1SOOO. The van der Waals surface area contributed by atoms with E-state index in [0.717, 1.165) is 0 Å². The van der Waals surface area contributed by atoms with Crippen LogP contribution < -0.4 is 26.2 Å². The molecule has 0 saturated carbocycles. The molecule has 0 spiro atoms. The fourth-order valence-corrected chi connectivity index (χ4v) is 6.60. The minimum absolute atomic E-state index is 0.00851. The number of hydrogen-bond acceptors (Lipinski definition) is 19. The number of benzene rings is 4. The van der Waals surface area contributed by atoms with Gasteiger partial charge < -0.3 is 36.4 Å². The predicted octanol–water partition coefficient (Wildman–Crippen LogP) is 6.32. The van der Waals surface area contributed by atoms with Gasteiger partial charge in [-0.05, 0) is 71.3 Å². The number of nitrogens with one attached hydrogen (secondary N) is 4. The van der Waals surface area contributed by atoms with Crippen LogP contribution in [0.15, 0.2) is 107 Å². The van der Waals surface area contributed by atoms with Gasteiger partial charge in [-0.3, -0.25) is 4.55 Å². The Morgan fingerprint density at radius 3 is 1.66 bits per heavy atom. The van der Waals surface area contributed by atoms with Crippen molar-refractivity contribution in [1.29, 1.82) is 0 Å². The molecule has 0 atom stereocenters. The Morgan fingerprint density at radius 2 is 1.14 bits per heavy atom. The number of halogens is 1. The minimum Gasteiger partial charge on any atom is -0.395 e. The lowest BCUT2D eigenvalue weighted by Gasteiger charge is -2.21. The molecule has 0 aliphatic heterocycles. The zero-order valence-corrected chi connectivity index (χ0v) is 32.4. The molecule has 2 heterocycles. The van der Waals surface area contributed by atoms with Gasteiger partial charge in [0.2, 0.25) is 35.0 Å². The number of nitrogens with zero attached hydrogens (tertiary/aromatic N) is 7. The van der Waals surface area contributed by atoms with Gasteiger partial charge in [-0.25, -0.2) is 5.26 Å². The van der Waals surface area contributed by atoms with Crippen molar-refractivity contribution >= 4 is 98.4 Å². The van der Waals surface area contributed by atoms with Crippen LogP contribution in [0, 0.1) is 0 Å². The Labute approximate surface area is 340 Å². The summed E-state index contributed by atoms with van der Waals surface area (Å²) in [5.74, 6) is 0.623. The normalized spacial score (nSPS) is 11.4. The van der Waals surface area contributed by atoms with Gasteiger partial charge in [-0.1, -0.05) is 65.7 Å². The number of aliphatic hydroxyl groups excluding tert-OH is 2. The summed E-state index contributed by atoms with van der Waals surface area (Å²) in [6, 6.07) is 27.5. The van der Waals surface area contributed by atoms with Crippen LogP contribution in [0.3, 0.4) is 0 Å². The molecule has 0 unspecified atom stereocenters. The summed E-state index contributed by atoms with van der Waals surface area (Å²) in [6.45, 7) is -0.130. The smallest absolute Gasteiger partial charge is 0.295 e. The topological polar surface area (TPSA) is 262 Å². The second kappa shape index (κ2) is 19.9. The third kappa shape index (κ3) is 11.8. The molecule has 22 heteroatoms. The van der Waals surface area contributed by atoms with Crippen LogP contribution in [-0.2, 0) is 19.5 Å². The van der Waals surface area contributed by atoms with E-state index in [4.69, 9.17) is 21.2 Å². The molecule has 0 bridgehead atoms. The zero-order valence-electron chi connectivity index (χ0n) is 30.0. The molecule has 8 N–H and O–H groups in total. The second-order valence-electron chi connectivity index (χ2n) is 11.7. The highest BCUT2D eigenvalue weighted by atomic mass is 35.5. The van der Waals surface area contributed by atoms with Crippen molar-refractivity contribution in [3.63, 3.8) is 0 Å². The van der Waals surface area contributed by atoms with Gasteiger partial charge in [0.1, 0.15) is 4.90 Å². The molecule has 2 aromatic heterocycles. The van der Waals surface area contributed by atoms with E-state index >= 15 is 0 Å². The van der Waals surface area contributed by atoms with E-state index in [1.54, 1.807) is 47.4 Å². The van der Waals surface area contributed by atoms with Crippen LogP contribution in [0.1, 0.15) is 11.1 Å². The third-order valence-corrected chi connectivity index (χ3v) is 9.47. The summed E-state index contributed by atoms with van der Waals surface area (Å²) >= 11 is 6.77. The first-order valence-corrected chi connectivity index (χ1v) is 19.6. The fraction of sp³-hybridized carbons (Fsp3) is 0.111. The molecule has 58 heavy (non-hydrogen) atoms. The van der Waals surface area contributed by atoms with Gasteiger partial charge in [0.15, 0.2) is 0 Å². The van der Waals surface area contributed by atoms with Crippen LogP contribution in [0.5, 0.6) is 0 Å². The standard InChI is InChI=1S/C36H34ClN11O8S2/c37-31-42-32(38-25-7-3-1-4-8-25)44-33(43-31)41-28-16-14-24(30(22-28)58(52,53)54)12-11-23-13-15-27(21-29(23)57-56-55-51)40-35-45-34(39-26-9-5-2-6-10-26)46-36(47-35)48(17-19-49)18-20-50/h1-16,21-22,49-51H,17-20H2,(H,52,53,54)(H2,38,41,42,43,44)(H2,39,40,45,46,47)/b12-11+. The van der Waals surface area contributed by atoms with Crippen LogP contribution in [0.2, 0.25) is 5.28 Å². The molecular formula is C36H34ClN11O8S2. The van der Waals surface area contributed by atoms with Gasteiger partial charge in [-0.2, -0.15) is 38.3 Å². The van der Waals surface area contributed by atoms with Gasteiger partial charge in [0.25, 0.3) is 10.1 Å². The van der Waals surface area contributed by atoms with Crippen molar-refractivity contribution in [1.82, 2.24) is 29.9 Å². The van der Waals surface area contributed by atoms with Crippen molar-refractivity contribution < 1.29 is 37.8 Å². The number of rotatable bonds is 19. The third-order valence-electron chi connectivity index (χ3n) is 7.73. The quantitative estimate of drug-likeness (QED) is 0.0146. The number of anilines is 9. The van der Waals surface area contributed by atoms with E-state index in [1.165, 1.54) is 18.2 Å². The molecule has 300 valence electrons. The maximum Gasteiger partial charge on any atom is 0.295 e. The summed E-state index contributed by atoms with van der Waals surface area (Å²) in [5, 5.41) is 44.0. The monoisotopic (exact) mass is 847 g/mol. The summed E-state index contributed by atoms with van der Waals surface area (Å²) in [6.07, 6.45) is 3.01. The molecule has 0 amide bonds. The fourth-order valence-electron chi connectivity index (χ4n) is 5.22. The van der Waals surface area contributed by atoms with Crippen molar-refractivity contribution in [3.05, 3.63) is 113 Å². The molecule has 0 radical (unpaired) electrons. The maximum atomic E-state index is 12.6. The Morgan fingerprint density at radius 1 is 0.655 bits per heavy atom. The molecule has 0 aliphatic rings. The molecule has 0 aliphatic carbocycles. The lowest BCUT2D eigenvalue weighted by Crippen LogP contribution is -2.31. The van der Waals surface area contributed by atoms with Crippen molar-refractivity contribution in [3.8, 4) is 0 Å². The largest absolute Gasteiger partial charge is 0.395 e. The molecule has 6 aromatic rings. The first-order valence-electron chi connectivity index (χ1n) is 17.0. The summed E-state index contributed by atoms with van der Waals surface area (Å²) in [7, 11) is -4.75. The van der Waals surface area contributed by atoms with Gasteiger partial charge in [0.05, 0.1) is 25.3 Å². The minimum atomic E-state index is -4.75. The van der Waals surface area contributed by atoms with Gasteiger partial charge >= 0.3 is 0 Å².